The van der Waals surface area contributed by atoms with Gasteiger partial charge in [0.05, 0.1) is 11.4 Å². The number of likely N-dealkylation sites (tertiary alicyclic amines) is 1. The van der Waals surface area contributed by atoms with E-state index < -0.39 is 0 Å². The molecule has 148 valence electrons. The SMILES string of the molecule is CCNC(=O)c1ccc(-n2nnc(C(=O)NC3CC3)c2CN2CCCC2)cc1. The van der Waals surface area contributed by atoms with E-state index in [4.69, 9.17) is 0 Å². The molecule has 2 amide bonds. The third-order valence-electron chi connectivity index (χ3n) is 5.17. The number of hydrogen-bond donors (Lipinski definition) is 2. The lowest BCUT2D eigenvalue weighted by Gasteiger charge is -2.16. The second-order valence-corrected chi connectivity index (χ2v) is 7.43. The Bertz CT molecular complexity index is 850. The van der Waals surface area contributed by atoms with E-state index in [1.54, 1.807) is 16.8 Å². The summed E-state index contributed by atoms with van der Waals surface area (Å²) in [7, 11) is 0. The third-order valence-corrected chi connectivity index (χ3v) is 5.17. The molecule has 0 atom stereocenters. The molecule has 1 aromatic heterocycles. The van der Waals surface area contributed by atoms with Gasteiger partial charge in [-0.3, -0.25) is 14.5 Å². The van der Waals surface area contributed by atoms with Crippen LogP contribution in [0.5, 0.6) is 0 Å². The first kappa shape index (κ1) is 18.6. The first-order chi connectivity index (χ1) is 13.7. The van der Waals surface area contributed by atoms with Crippen molar-refractivity contribution in [3.05, 3.63) is 41.2 Å². The first-order valence-corrected chi connectivity index (χ1v) is 10.0. The van der Waals surface area contributed by atoms with Gasteiger partial charge in [-0.25, -0.2) is 4.68 Å². The molecular formula is C20H26N6O2. The normalized spacial score (nSPS) is 16.9. The average molecular weight is 382 g/mol. The molecule has 1 saturated heterocycles. The van der Waals surface area contributed by atoms with Crippen LogP contribution in [0, 0.1) is 0 Å². The van der Waals surface area contributed by atoms with Gasteiger partial charge in [0.1, 0.15) is 0 Å². The van der Waals surface area contributed by atoms with Crippen LogP contribution in [0.4, 0.5) is 0 Å². The van der Waals surface area contributed by atoms with Crippen LogP contribution in [0.15, 0.2) is 24.3 Å². The second kappa shape index (κ2) is 8.10. The van der Waals surface area contributed by atoms with Crippen molar-refractivity contribution in [2.24, 2.45) is 0 Å². The maximum Gasteiger partial charge on any atom is 0.274 e. The molecule has 0 spiro atoms. The summed E-state index contributed by atoms with van der Waals surface area (Å²) in [4.78, 5) is 27.0. The van der Waals surface area contributed by atoms with Crippen LogP contribution in [-0.4, -0.2) is 57.4 Å². The van der Waals surface area contributed by atoms with Crippen molar-refractivity contribution in [2.75, 3.05) is 19.6 Å². The zero-order chi connectivity index (χ0) is 19.5. The summed E-state index contributed by atoms with van der Waals surface area (Å²) >= 11 is 0. The van der Waals surface area contributed by atoms with Gasteiger partial charge in [0, 0.05) is 24.7 Å². The molecule has 8 nitrogen and oxygen atoms in total. The molecule has 0 unspecified atom stereocenters. The minimum absolute atomic E-state index is 0.102. The molecule has 2 N–H and O–H groups in total. The van der Waals surface area contributed by atoms with Crippen LogP contribution in [-0.2, 0) is 6.54 Å². The number of nitrogens with zero attached hydrogens (tertiary/aromatic N) is 4. The zero-order valence-electron chi connectivity index (χ0n) is 16.1. The number of aromatic nitrogens is 3. The van der Waals surface area contributed by atoms with Crippen LogP contribution in [0.3, 0.4) is 0 Å². The van der Waals surface area contributed by atoms with Crippen molar-refractivity contribution < 1.29 is 9.59 Å². The van der Waals surface area contributed by atoms with Gasteiger partial charge < -0.3 is 10.6 Å². The highest BCUT2D eigenvalue weighted by Gasteiger charge is 2.29. The van der Waals surface area contributed by atoms with Gasteiger partial charge >= 0.3 is 0 Å². The topological polar surface area (TPSA) is 92.1 Å². The molecule has 2 heterocycles. The molecule has 0 bridgehead atoms. The van der Waals surface area contributed by atoms with Gasteiger partial charge in [-0.2, -0.15) is 0 Å². The summed E-state index contributed by atoms with van der Waals surface area (Å²) in [5.41, 5.74) is 2.58. The monoisotopic (exact) mass is 382 g/mol. The standard InChI is InChI=1S/C20H26N6O2/c1-2-21-19(27)14-5-9-16(10-6-14)26-17(13-25-11-3-4-12-25)18(23-24-26)20(28)22-15-7-8-15/h5-6,9-10,15H,2-4,7-8,11-13H2,1H3,(H,21,27)(H,22,28). The average Bonchev–Trinajstić information content (AvgIpc) is 3.18. The van der Waals surface area contributed by atoms with E-state index in [1.165, 1.54) is 12.8 Å². The van der Waals surface area contributed by atoms with Gasteiger partial charge in [-0.05, 0) is 70.0 Å². The summed E-state index contributed by atoms with van der Waals surface area (Å²) < 4.78 is 1.72. The highest BCUT2D eigenvalue weighted by atomic mass is 16.2. The summed E-state index contributed by atoms with van der Waals surface area (Å²) in [5.74, 6) is -0.253. The Morgan fingerprint density at radius 3 is 2.46 bits per heavy atom. The molecule has 2 fully saturated rings. The lowest BCUT2D eigenvalue weighted by atomic mass is 10.2. The zero-order valence-corrected chi connectivity index (χ0v) is 16.1. The number of benzene rings is 1. The highest BCUT2D eigenvalue weighted by Crippen LogP contribution is 2.22. The summed E-state index contributed by atoms with van der Waals surface area (Å²) in [6.07, 6.45) is 4.41. The molecule has 2 aromatic rings. The number of carbonyl (C=O) groups is 2. The number of carbonyl (C=O) groups excluding carboxylic acids is 2. The maximum absolute atomic E-state index is 12.7. The molecule has 28 heavy (non-hydrogen) atoms. The molecule has 1 aromatic carbocycles. The number of amides is 2. The van der Waals surface area contributed by atoms with Crippen LogP contribution < -0.4 is 10.6 Å². The van der Waals surface area contributed by atoms with E-state index in [0.29, 0.717) is 24.3 Å². The van der Waals surface area contributed by atoms with Crippen molar-refractivity contribution in [3.63, 3.8) is 0 Å². The Morgan fingerprint density at radius 2 is 1.82 bits per heavy atom. The Morgan fingerprint density at radius 1 is 1.11 bits per heavy atom. The minimum atomic E-state index is -0.151. The Hall–Kier alpha value is -2.74. The van der Waals surface area contributed by atoms with E-state index in [2.05, 4.69) is 25.8 Å². The Kier molecular flexibility index (Phi) is 5.38. The van der Waals surface area contributed by atoms with Crippen molar-refractivity contribution in [1.29, 1.82) is 0 Å². The van der Waals surface area contributed by atoms with E-state index in [0.717, 1.165) is 37.3 Å². The molecule has 1 aliphatic heterocycles. The predicted octanol–water partition coefficient (Wildman–Crippen LogP) is 1.50. The largest absolute Gasteiger partial charge is 0.352 e. The minimum Gasteiger partial charge on any atom is -0.352 e. The molecule has 1 saturated carbocycles. The Labute approximate surface area is 164 Å². The summed E-state index contributed by atoms with van der Waals surface area (Å²) in [6, 6.07) is 7.50. The van der Waals surface area contributed by atoms with Gasteiger partial charge in [0.25, 0.3) is 11.8 Å². The van der Waals surface area contributed by atoms with Crippen LogP contribution in [0.1, 0.15) is 59.1 Å². The summed E-state index contributed by atoms with van der Waals surface area (Å²) in [5, 5.41) is 14.3. The second-order valence-electron chi connectivity index (χ2n) is 7.43. The van der Waals surface area contributed by atoms with Gasteiger partial charge in [-0.15, -0.1) is 5.10 Å². The van der Waals surface area contributed by atoms with Crippen molar-refractivity contribution in [3.8, 4) is 5.69 Å². The quantitative estimate of drug-likeness (QED) is 0.757. The molecule has 4 rings (SSSR count). The molecule has 2 aliphatic rings. The number of rotatable bonds is 7. The van der Waals surface area contributed by atoms with Crippen molar-refractivity contribution >= 4 is 11.8 Å². The Balaban J connectivity index is 1.62. The van der Waals surface area contributed by atoms with Crippen molar-refractivity contribution in [1.82, 2.24) is 30.5 Å². The first-order valence-electron chi connectivity index (χ1n) is 10.0. The number of hydrogen-bond acceptors (Lipinski definition) is 5. The lowest BCUT2D eigenvalue weighted by molar-refractivity contribution is 0.0939. The molecular weight excluding hydrogens is 356 g/mol. The van der Waals surface area contributed by atoms with Crippen LogP contribution in [0.2, 0.25) is 0 Å². The van der Waals surface area contributed by atoms with Gasteiger partial charge in [-0.1, -0.05) is 5.21 Å². The fourth-order valence-electron chi connectivity index (χ4n) is 3.48. The molecule has 1 aliphatic carbocycles. The van der Waals surface area contributed by atoms with E-state index in [-0.39, 0.29) is 17.9 Å². The predicted molar refractivity (Wildman–Crippen MR) is 104 cm³/mol. The summed E-state index contributed by atoms with van der Waals surface area (Å²) in [6.45, 7) is 5.15. The lowest BCUT2D eigenvalue weighted by Crippen LogP contribution is -2.29. The fraction of sp³-hybridized carbons (Fsp3) is 0.500. The van der Waals surface area contributed by atoms with Crippen molar-refractivity contribution in [2.45, 2.75) is 45.2 Å². The van der Waals surface area contributed by atoms with E-state index >= 15 is 0 Å². The van der Waals surface area contributed by atoms with Gasteiger partial charge in [0.15, 0.2) is 5.69 Å². The van der Waals surface area contributed by atoms with E-state index in [9.17, 15) is 9.59 Å². The van der Waals surface area contributed by atoms with Gasteiger partial charge in [0.2, 0.25) is 0 Å². The molecule has 8 heteroatoms. The number of nitrogens with one attached hydrogen (secondary N) is 2. The van der Waals surface area contributed by atoms with Crippen LogP contribution in [0.25, 0.3) is 5.69 Å². The fourth-order valence-corrected chi connectivity index (χ4v) is 3.48. The highest BCUT2D eigenvalue weighted by molar-refractivity contribution is 5.94. The third kappa shape index (κ3) is 4.06. The van der Waals surface area contributed by atoms with Crippen LogP contribution >= 0.6 is 0 Å². The smallest absolute Gasteiger partial charge is 0.274 e. The molecule has 0 radical (unpaired) electrons. The van der Waals surface area contributed by atoms with E-state index in [1.807, 2.05) is 19.1 Å². The maximum atomic E-state index is 12.7.